The highest BCUT2D eigenvalue weighted by atomic mass is 35.5. The molecule has 118 valence electrons. The van der Waals surface area contributed by atoms with E-state index in [-0.39, 0.29) is 12.4 Å². The molecule has 0 saturated heterocycles. The third-order valence-electron chi connectivity index (χ3n) is 3.76. The van der Waals surface area contributed by atoms with E-state index in [4.69, 9.17) is 17.3 Å². The normalized spacial score (nSPS) is 13.5. The lowest BCUT2D eigenvalue weighted by Crippen LogP contribution is -2.27. The van der Waals surface area contributed by atoms with Crippen LogP contribution in [0, 0.1) is 0 Å². The first-order valence-electron chi connectivity index (χ1n) is 7.22. The lowest BCUT2D eigenvalue weighted by Gasteiger charge is -2.30. The predicted octanol–water partition coefficient (Wildman–Crippen LogP) is 4.72. The lowest BCUT2D eigenvalue weighted by molar-refractivity contribution is 0.727. The largest absolute Gasteiger partial charge is 0.366 e. The standard InChI is InChI=1S/C17H19ClN2S.ClH/c18-15-6-7-17-16(10-15)20(9-3-8-19)11-13-4-1-2-5-14(13)12-21-17;/h1-2,4-7,10H,3,8-9,11-12,19H2;1H. The van der Waals surface area contributed by atoms with Gasteiger partial charge in [0.15, 0.2) is 0 Å². The van der Waals surface area contributed by atoms with Gasteiger partial charge in [0.25, 0.3) is 0 Å². The molecular weight excluding hydrogens is 335 g/mol. The van der Waals surface area contributed by atoms with E-state index in [0.717, 1.165) is 30.3 Å². The van der Waals surface area contributed by atoms with Crippen LogP contribution in [0.2, 0.25) is 5.02 Å². The summed E-state index contributed by atoms with van der Waals surface area (Å²) in [4.78, 5) is 3.70. The Kier molecular flexibility index (Phi) is 6.45. The minimum atomic E-state index is 0. The summed E-state index contributed by atoms with van der Waals surface area (Å²) >= 11 is 8.09. The first-order chi connectivity index (χ1) is 10.3. The average Bonchev–Trinajstić information content (AvgIpc) is 2.49. The number of nitrogens with two attached hydrogens (primary N) is 1. The van der Waals surface area contributed by atoms with Gasteiger partial charge in [-0.3, -0.25) is 0 Å². The van der Waals surface area contributed by atoms with Crippen LogP contribution in [0.5, 0.6) is 0 Å². The van der Waals surface area contributed by atoms with Crippen LogP contribution >= 0.6 is 35.8 Å². The molecule has 0 atom stereocenters. The molecule has 0 saturated carbocycles. The summed E-state index contributed by atoms with van der Waals surface area (Å²) in [6, 6.07) is 14.9. The minimum Gasteiger partial charge on any atom is -0.366 e. The number of fused-ring (bicyclic) bond motifs is 2. The molecule has 2 nitrogen and oxygen atoms in total. The fraction of sp³-hybridized carbons (Fsp3) is 0.294. The highest BCUT2D eigenvalue weighted by molar-refractivity contribution is 7.98. The van der Waals surface area contributed by atoms with Crippen LogP contribution in [0.4, 0.5) is 5.69 Å². The fourth-order valence-electron chi connectivity index (χ4n) is 2.64. The van der Waals surface area contributed by atoms with Gasteiger partial charge in [-0.2, -0.15) is 0 Å². The Morgan fingerprint density at radius 2 is 1.91 bits per heavy atom. The van der Waals surface area contributed by atoms with Crippen molar-refractivity contribution in [2.75, 3.05) is 18.0 Å². The van der Waals surface area contributed by atoms with Crippen molar-refractivity contribution in [1.82, 2.24) is 0 Å². The molecule has 0 fully saturated rings. The molecule has 3 rings (SSSR count). The van der Waals surface area contributed by atoms with Crippen LogP contribution in [-0.2, 0) is 12.3 Å². The zero-order valence-electron chi connectivity index (χ0n) is 12.3. The second-order valence-corrected chi connectivity index (χ2v) is 6.69. The number of benzene rings is 2. The van der Waals surface area contributed by atoms with Crippen molar-refractivity contribution < 1.29 is 0 Å². The molecular formula is C17H20Cl2N2S. The third kappa shape index (κ3) is 3.90. The Labute approximate surface area is 147 Å². The van der Waals surface area contributed by atoms with Gasteiger partial charge in [0, 0.05) is 28.8 Å². The van der Waals surface area contributed by atoms with Gasteiger partial charge in [-0.15, -0.1) is 24.2 Å². The Morgan fingerprint density at radius 1 is 1.14 bits per heavy atom. The second kappa shape index (κ2) is 8.11. The number of hydrogen-bond acceptors (Lipinski definition) is 3. The monoisotopic (exact) mass is 354 g/mol. The molecule has 2 aromatic carbocycles. The van der Waals surface area contributed by atoms with Gasteiger partial charge in [0.2, 0.25) is 0 Å². The van der Waals surface area contributed by atoms with Crippen molar-refractivity contribution in [3.8, 4) is 0 Å². The Bertz CT molecular complexity index is 634. The van der Waals surface area contributed by atoms with Crippen molar-refractivity contribution in [2.24, 2.45) is 5.73 Å². The van der Waals surface area contributed by atoms with Crippen molar-refractivity contribution in [2.45, 2.75) is 23.6 Å². The number of nitrogens with zero attached hydrogens (tertiary/aromatic N) is 1. The van der Waals surface area contributed by atoms with E-state index in [1.165, 1.54) is 21.7 Å². The molecule has 0 bridgehead atoms. The van der Waals surface area contributed by atoms with Gasteiger partial charge >= 0.3 is 0 Å². The smallest absolute Gasteiger partial charge is 0.0522 e. The van der Waals surface area contributed by atoms with E-state index >= 15 is 0 Å². The van der Waals surface area contributed by atoms with E-state index in [2.05, 4.69) is 41.3 Å². The van der Waals surface area contributed by atoms with Crippen molar-refractivity contribution in [3.05, 3.63) is 58.6 Å². The molecule has 1 aliphatic rings. The number of hydrogen-bond donors (Lipinski definition) is 1. The summed E-state index contributed by atoms with van der Waals surface area (Å²) in [5.41, 5.74) is 9.75. The summed E-state index contributed by atoms with van der Waals surface area (Å²) in [5, 5.41) is 0.793. The maximum Gasteiger partial charge on any atom is 0.0522 e. The quantitative estimate of drug-likeness (QED) is 0.864. The lowest BCUT2D eigenvalue weighted by atomic mass is 10.1. The molecule has 0 unspecified atom stereocenters. The van der Waals surface area contributed by atoms with E-state index < -0.39 is 0 Å². The average molecular weight is 355 g/mol. The van der Waals surface area contributed by atoms with Crippen LogP contribution < -0.4 is 10.6 Å². The van der Waals surface area contributed by atoms with Gasteiger partial charge < -0.3 is 10.6 Å². The van der Waals surface area contributed by atoms with Crippen LogP contribution in [0.1, 0.15) is 17.5 Å². The molecule has 2 aromatic rings. The van der Waals surface area contributed by atoms with E-state index in [1.807, 2.05) is 17.8 Å². The van der Waals surface area contributed by atoms with E-state index in [0.29, 0.717) is 6.54 Å². The number of halogens is 2. The molecule has 0 spiro atoms. The molecule has 22 heavy (non-hydrogen) atoms. The fourth-order valence-corrected chi connectivity index (χ4v) is 3.90. The zero-order valence-corrected chi connectivity index (χ0v) is 14.7. The molecule has 0 amide bonds. The summed E-state index contributed by atoms with van der Waals surface area (Å²) in [6.07, 6.45) is 0.985. The highest BCUT2D eigenvalue weighted by Crippen LogP contribution is 2.38. The molecule has 1 heterocycles. The number of anilines is 1. The van der Waals surface area contributed by atoms with E-state index in [1.54, 1.807) is 0 Å². The molecule has 0 aromatic heterocycles. The Balaban J connectivity index is 0.00000176. The van der Waals surface area contributed by atoms with Gasteiger partial charge in [-0.25, -0.2) is 0 Å². The van der Waals surface area contributed by atoms with Crippen molar-refractivity contribution >= 4 is 41.5 Å². The zero-order chi connectivity index (χ0) is 14.7. The molecule has 1 aliphatic heterocycles. The van der Waals surface area contributed by atoms with Crippen molar-refractivity contribution in [1.29, 1.82) is 0 Å². The predicted molar refractivity (Wildman–Crippen MR) is 99.4 cm³/mol. The molecule has 0 aliphatic carbocycles. The first-order valence-corrected chi connectivity index (χ1v) is 8.58. The second-order valence-electron chi connectivity index (χ2n) is 5.23. The summed E-state index contributed by atoms with van der Waals surface area (Å²) in [6.45, 7) is 2.59. The Hall–Kier alpha value is -0.870. The highest BCUT2D eigenvalue weighted by Gasteiger charge is 2.17. The minimum absolute atomic E-state index is 0. The number of thioether (sulfide) groups is 1. The van der Waals surface area contributed by atoms with Crippen LogP contribution in [-0.4, -0.2) is 13.1 Å². The van der Waals surface area contributed by atoms with Crippen LogP contribution in [0.25, 0.3) is 0 Å². The van der Waals surface area contributed by atoms with Gasteiger partial charge in [0.05, 0.1) is 5.69 Å². The maximum atomic E-state index is 6.21. The third-order valence-corrected chi connectivity index (χ3v) is 5.10. The van der Waals surface area contributed by atoms with Crippen molar-refractivity contribution in [3.63, 3.8) is 0 Å². The Morgan fingerprint density at radius 3 is 2.68 bits per heavy atom. The number of rotatable bonds is 3. The van der Waals surface area contributed by atoms with Crippen LogP contribution in [0.15, 0.2) is 47.4 Å². The summed E-state index contributed by atoms with van der Waals surface area (Å²) in [7, 11) is 0. The maximum absolute atomic E-state index is 6.21. The van der Waals surface area contributed by atoms with Gasteiger partial charge in [0.1, 0.15) is 0 Å². The van der Waals surface area contributed by atoms with E-state index in [9.17, 15) is 0 Å². The van der Waals surface area contributed by atoms with Crippen LogP contribution in [0.3, 0.4) is 0 Å². The topological polar surface area (TPSA) is 29.3 Å². The molecule has 5 heteroatoms. The molecule has 2 N–H and O–H groups in total. The SMILES string of the molecule is Cl.NCCCN1Cc2ccccc2CSc2ccc(Cl)cc21. The van der Waals surface area contributed by atoms with Gasteiger partial charge in [-0.1, -0.05) is 35.9 Å². The molecule has 0 radical (unpaired) electrons. The summed E-state index contributed by atoms with van der Waals surface area (Å²) in [5.74, 6) is 1.01. The first kappa shape index (κ1) is 17.5. The summed E-state index contributed by atoms with van der Waals surface area (Å²) < 4.78 is 0. The van der Waals surface area contributed by atoms with Gasteiger partial charge in [-0.05, 0) is 42.3 Å².